The highest BCUT2D eigenvalue weighted by Gasteiger charge is 2.18. The molecule has 1 unspecified atom stereocenters. The van der Waals surface area contributed by atoms with E-state index in [1.165, 1.54) is 18.2 Å². The Balaban J connectivity index is 2.21. The van der Waals surface area contributed by atoms with E-state index in [0.29, 0.717) is 0 Å². The second-order valence-corrected chi connectivity index (χ2v) is 5.60. The Labute approximate surface area is 135 Å². The molecule has 0 radical (unpaired) electrons. The molecule has 1 amide bonds. The van der Waals surface area contributed by atoms with Crippen LogP contribution < -0.4 is 11.1 Å². The second kappa shape index (κ2) is 6.57. The van der Waals surface area contributed by atoms with Crippen molar-refractivity contribution in [1.82, 2.24) is 5.32 Å². The number of rotatable bonds is 4. The monoisotopic (exact) mass is 363 g/mol. The van der Waals surface area contributed by atoms with Crippen LogP contribution in [0.2, 0.25) is 0 Å². The highest BCUT2D eigenvalue weighted by atomic mass is 79.9. The second-order valence-electron chi connectivity index (χ2n) is 4.75. The van der Waals surface area contributed by atoms with Crippen molar-refractivity contribution < 1.29 is 9.72 Å². The predicted octanol–water partition coefficient (Wildman–Crippen LogP) is 3.43. The van der Waals surface area contributed by atoms with Gasteiger partial charge in [0, 0.05) is 16.1 Å². The summed E-state index contributed by atoms with van der Waals surface area (Å²) in [4.78, 5) is 22.5. The number of nitrogens with two attached hydrogens (primary N) is 1. The maximum Gasteiger partial charge on any atom is 0.292 e. The fourth-order valence-corrected chi connectivity index (χ4v) is 2.66. The lowest BCUT2D eigenvalue weighted by Gasteiger charge is -2.16. The van der Waals surface area contributed by atoms with Gasteiger partial charge >= 0.3 is 0 Å². The van der Waals surface area contributed by atoms with Crippen LogP contribution in [0, 0.1) is 10.1 Å². The Morgan fingerprint density at radius 3 is 2.64 bits per heavy atom. The SMILES string of the molecule is CC(NC(=O)c1ccc(N)c([N+](=O)[O-])c1)c1ccccc1Br. The van der Waals surface area contributed by atoms with Crippen LogP contribution >= 0.6 is 15.9 Å². The molecule has 0 aromatic heterocycles. The molecule has 7 heteroatoms. The number of anilines is 1. The number of nitro benzene ring substituents is 1. The first-order valence-electron chi connectivity index (χ1n) is 6.49. The first kappa shape index (κ1) is 16.0. The van der Waals surface area contributed by atoms with E-state index < -0.39 is 10.8 Å². The van der Waals surface area contributed by atoms with Crippen molar-refractivity contribution in [2.24, 2.45) is 0 Å². The van der Waals surface area contributed by atoms with Gasteiger partial charge in [-0.05, 0) is 30.7 Å². The van der Waals surface area contributed by atoms with Crippen LogP contribution in [0.15, 0.2) is 46.9 Å². The lowest BCUT2D eigenvalue weighted by atomic mass is 10.1. The van der Waals surface area contributed by atoms with Crippen LogP contribution in [0.5, 0.6) is 0 Å². The number of carbonyl (C=O) groups is 1. The van der Waals surface area contributed by atoms with Crippen LogP contribution in [-0.4, -0.2) is 10.8 Å². The highest BCUT2D eigenvalue weighted by Crippen LogP contribution is 2.25. The molecule has 22 heavy (non-hydrogen) atoms. The van der Waals surface area contributed by atoms with E-state index in [2.05, 4.69) is 21.2 Å². The van der Waals surface area contributed by atoms with E-state index in [-0.39, 0.29) is 23.0 Å². The van der Waals surface area contributed by atoms with Crippen LogP contribution in [-0.2, 0) is 0 Å². The Bertz CT molecular complexity index is 734. The number of hydrogen-bond acceptors (Lipinski definition) is 4. The third-order valence-corrected chi connectivity index (χ3v) is 3.93. The lowest BCUT2D eigenvalue weighted by Crippen LogP contribution is -2.27. The summed E-state index contributed by atoms with van der Waals surface area (Å²) >= 11 is 3.43. The van der Waals surface area contributed by atoms with Gasteiger partial charge in [0.15, 0.2) is 0 Å². The quantitative estimate of drug-likeness (QED) is 0.493. The summed E-state index contributed by atoms with van der Waals surface area (Å²) in [7, 11) is 0. The van der Waals surface area contributed by atoms with Gasteiger partial charge in [-0.25, -0.2) is 0 Å². The third kappa shape index (κ3) is 3.43. The summed E-state index contributed by atoms with van der Waals surface area (Å²) in [5, 5.41) is 13.7. The smallest absolute Gasteiger partial charge is 0.292 e. The van der Waals surface area contributed by atoms with Gasteiger partial charge in [-0.2, -0.15) is 0 Å². The summed E-state index contributed by atoms with van der Waals surface area (Å²) in [6.45, 7) is 1.84. The molecular weight excluding hydrogens is 350 g/mol. The van der Waals surface area contributed by atoms with Gasteiger partial charge in [0.1, 0.15) is 5.69 Å². The molecule has 0 aliphatic rings. The summed E-state index contributed by atoms with van der Waals surface area (Å²) in [6, 6.07) is 11.3. The van der Waals surface area contributed by atoms with Crippen molar-refractivity contribution >= 4 is 33.2 Å². The Morgan fingerprint density at radius 1 is 1.32 bits per heavy atom. The maximum atomic E-state index is 12.2. The minimum Gasteiger partial charge on any atom is -0.393 e. The number of nitro groups is 1. The largest absolute Gasteiger partial charge is 0.393 e. The van der Waals surface area contributed by atoms with Gasteiger partial charge in [0.2, 0.25) is 0 Å². The fraction of sp³-hybridized carbons (Fsp3) is 0.133. The number of nitrogens with one attached hydrogen (secondary N) is 1. The summed E-state index contributed by atoms with van der Waals surface area (Å²) in [6.07, 6.45) is 0. The molecule has 0 fully saturated rings. The number of nitrogen functional groups attached to an aromatic ring is 1. The Hall–Kier alpha value is -2.41. The van der Waals surface area contributed by atoms with Crippen LogP contribution in [0.1, 0.15) is 28.9 Å². The highest BCUT2D eigenvalue weighted by molar-refractivity contribution is 9.10. The number of benzene rings is 2. The topological polar surface area (TPSA) is 98.3 Å². The normalized spacial score (nSPS) is 11.7. The first-order chi connectivity index (χ1) is 10.4. The summed E-state index contributed by atoms with van der Waals surface area (Å²) in [5.74, 6) is -0.397. The van der Waals surface area contributed by atoms with E-state index in [9.17, 15) is 14.9 Å². The molecule has 1 atom stereocenters. The molecule has 114 valence electrons. The first-order valence-corrected chi connectivity index (χ1v) is 7.28. The summed E-state index contributed by atoms with van der Waals surface area (Å²) < 4.78 is 0.881. The van der Waals surface area contributed by atoms with E-state index in [1.807, 2.05) is 31.2 Å². The predicted molar refractivity (Wildman–Crippen MR) is 87.5 cm³/mol. The third-order valence-electron chi connectivity index (χ3n) is 3.21. The van der Waals surface area contributed by atoms with Gasteiger partial charge in [-0.15, -0.1) is 0 Å². The van der Waals surface area contributed by atoms with E-state index >= 15 is 0 Å². The molecule has 0 aliphatic heterocycles. The standard InChI is InChI=1S/C15H14BrN3O3/c1-9(11-4-2-3-5-12(11)16)18-15(20)10-6-7-13(17)14(8-10)19(21)22/h2-9H,17H2,1H3,(H,18,20). The minimum absolute atomic E-state index is 0.0282. The molecule has 0 spiro atoms. The van der Waals surface area contributed by atoms with Crippen LogP contribution in [0.4, 0.5) is 11.4 Å². The van der Waals surface area contributed by atoms with Crippen molar-refractivity contribution in [3.63, 3.8) is 0 Å². The van der Waals surface area contributed by atoms with Crippen molar-refractivity contribution in [3.05, 3.63) is 68.2 Å². The van der Waals surface area contributed by atoms with Crippen molar-refractivity contribution in [3.8, 4) is 0 Å². The van der Waals surface area contributed by atoms with Gasteiger partial charge in [0.25, 0.3) is 11.6 Å². The van der Waals surface area contributed by atoms with Crippen LogP contribution in [0.25, 0.3) is 0 Å². The van der Waals surface area contributed by atoms with Crippen LogP contribution in [0.3, 0.4) is 0 Å². The fourth-order valence-electron chi connectivity index (χ4n) is 2.03. The van der Waals surface area contributed by atoms with Crippen molar-refractivity contribution in [2.75, 3.05) is 5.73 Å². The average Bonchev–Trinajstić information content (AvgIpc) is 2.47. The molecule has 0 bridgehead atoms. The Morgan fingerprint density at radius 2 is 2.00 bits per heavy atom. The minimum atomic E-state index is -0.608. The molecule has 2 rings (SSSR count). The number of hydrogen-bond donors (Lipinski definition) is 2. The van der Waals surface area contributed by atoms with Gasteiger partial charge in [-0.3, -0.25) is 14.9 Å². The number of nitrogens with zero attached hydrogens (tertiary/aromatic N) is 1. The molecule has 2 aromatic rings. The number of carbonyl (C=O) groups excluding carboxylic acids is 1. The molecule has 0 saturated heterocycles. The average molecular weight is 364 g/mol. The zero-order valence-corrected chi connectivity index (χ0v) is 13.3. The molecule has 6 nitrogen and oxygen atoms in total. The number of amides is 1. The van der Waals surface area contributed by atoms with E-state index in [1.54, 1.807) is 0 Å². The molecule has 0 aliphatic carbocycles. The Kier molecular flexibility index (Phi) is 4.77. The van der Waals surface area contributed by atoms with Gasteiger partial charge < -0.3 is 11.1 Å². The van der Waals surface area contributed by atoms with Gasteiger partial charge in [-0.1, -0.05) is 34.1 Å². The molecule has 0 saturated carbocycles. The molecular formula is C15H14BrN3O3. The molecule has 0 heterocycles. The molecule has 2 aromatic carbocycles. The maximum absolute atomic E-state index is 12.2. The van der Waals surface area contributed by atoms with Crippen molar-refractivity contribution in [2.45, 2.75) is 13.0 Å². The van der Waals surface area contributed by atoms with Crippen molar-refractivity contribution in [1.29, 1.82) is 0 Å². The van der Waals surface area contributed by atoms with E-state index in [0.717, 1.165) is 10.0 Å². The lowest BCUT2D eigenvalue weighted by molar-refractivity contribution is -0.383. The van der Waals surface area contributed by atoms with Gasteiger partial charge in [0.05, 0.1) is 11.0 Å². The molecule has 3 N–H and O–H groups in total. The summed E-state index contributed by atoms with van der Waals surface area (Å²) in [5.41, 5.74) is 6.39. The zero-order chi connectivity index (χ0) is 16.3. The number of halogens is 1. The zero-order valence-electron chi connectivity index (χ0n) is 11.7. The van der Waals surface area contributed by atoms with E-state index in [4.69, 9.17) is 5.73 Å².